The number of amides is 2. The van der Waals surface area contributed by atoms with Crippen molar-refractivity contribution in [3.63, 3.8) is 0 Å². The van der Waals surface area contributed by atoms with E-state index in [9.17, 15) is 9.59 Å². The Labute approximate surface area is 302 Å². The molecule has 3 heterocycles. The molecule has 0 radical (unpaired) electrons. The Kier molecular flexibility index (Phi) is 12.8. The van der Waals surface area contributed by atoms with Gasteiger partial charge in [-0.05, 0) is 61.3 Å². The number of ether oxygens (including phenoxy) is 1. The van der Waals surface area contributed by atoms with Gasteiger partial charge < -0.3 is 19.9 Å². The van der Waals surface area contributed by atoms with E-state index in [2.05, 4.69) is 62.0 Å². The van der Waals surface area contributed by atoms with E-state index < -0.39 is 6.04 Å². The van der Waals surface area contributed by atoms with Crippen molar-refractivity contribution in [1.29, 1.82) is 0 Å². The van der Waals surface area contributed by atoms with Crippen LogP contribution in [0.15, 0.2) is 73.1 Å². The molecule has 0 saturated carbocycles. The quantitative estimate of drug-likeness (QED) is 0.120. The van der Waals surface area contributed by atoms with E-state index in [0.717, 1.165) is 52.5 Å². The summed E-state index contributed by atoms with van der Waals surface area (Å²) in [4.78, 5) is 42.2. The van der Waals surface area contributed by atoms with Crippen LogP contribution in [-0.4, -0.2) is 78.0 Å². The molecule has 0 unspecified atom stereocenters. The number of nitrogens with zero attached hydrogens (tertiary/aromatic N) is 4. The van der Waals surface area contributed by atoms with E-state index in [0.29, 0.717) is 36.1 Å². The van der Waals surface area contributed by atoms with Gasteiger partial charge in [0.15, 0.2) is 5.82 Å². The van der Waals surface area contributed by atoms with Gasteiger partial charge in [-0.15, -0.1) is 11.3 Å². The van der Waals surface area contributed by atoms with Crippen LogP contribution in [0.4, 0.5) is 0 Å². The normalized spacial score (nSPS) is 14.0. The van der Waals surface area contributed by atoms with Gasteiger partial charge in [-0.1, -0.05) is 89.8 Å². The number of thiophene rings is 1. The molecule has 4 aromatic rings. The summed E-state index contributed by atoms with van der Waals surface area (Å²) in [5.74, 6) is 1.71. The number of rotatable bonds is 16. The van der Waals surface area contributed by atoms with Gasteiger partial charge in [0.1, 0.15) is 11.8 Å². The van der Waals surface area contributed by atoms with Gasteiger partial charge in [0, 0.05) is 60.4 Å². The highest BCUT2D eigenvalue weighted by Gasteiger charge is 2.35. The SMILES string of the molecule is CCCCCCCOc1ccc(-c2cnc(-c3ccc(C[C@H](NC(=O)c4ccc(C(C)(C)C)s4)C(=O)N4CC(CN(C)C)C4)cc3)nc2)cc1. The Balaban J connectivity index is 1.21. The molecule has 2 aromatic heterocycles. The molecule has 1 aliphatic rings. The number of benzene rings is 2. The number of carbonyl (C=O) groups excluding carboxylic acids is 2. The van der Waals surface area contributed by atoms with Gasteiger partial charge in [0.25, 0.3) is 5.91 Å². The summed E-state index contributed by atoms with van der Waals surface area (Å²) < 4.78 is 5.91. The maximum atomic E-state index is 13.7. The minimum Gasteiger partial charge on any atom is -0.494 e. The predicted octanol–water partition coefficient (Wildman–Crippen LogP) is 7.88. The Morgan fingerprint density at radius 2 is 1.56 bits per heavy atom. The molecule has 1 aliphatic heterocycles. The van der Waals surface area contributed by atoms with Crippen LogP contribution < -0.4 is 10.1 Å². The van der Waals surface area contributed by atoms with Gasteiger partial charge in [-0.3, -0.25) is 9.59 Å². The largest absolute Gasteiger partial charge is 0.494 e. The number of nitrogens with one attached hydrogen (secondary N) is 1. The molecule has 0 bridgehead atoms. The minimum absolute atomic E-state index is 0.0361. The highest BCUT2D eigenvalue weighted by Crippen LogP contribution is 2.30. The molecule has 8 nitrogen and oxygen atoms in total. The third-order valence-electron chi connectivity index (χ3n) is 9.07. The summed E-state index contributed by atoms with van der Waals surface area (Å²) in [6, 6.07) is 19.2. The van der Waals surface area contributed by atoms with Crippen LogP contribution in [-0.2, 0) is 16.6 Å². The van der Waals surface area contributed by atoms with Crippen LogP contribution in [0.1, 0.15) is 79.9 Å². The van der Waals surface area contributed by atoms with Crippen molar-refractivity contribution in [3.8, 4) is 28.3 Å². The summed E-state index contributed by atoms with van der Waals surface area (Å²) in [5.41, 5.74) is 3.77. The van der Waals surface area contributed by atoms with Crippen molar-refractivity contribution in [2.75, 3.05) is 40.3 Å². The summed E-state index contributed by atoms with van der Waals surface area (Å²) in [6.45, 7) is 11.7. The van der Waals surface area contributed by atoms with E-state index >= 15 is 0 Å². The summed E-state index contributed by atoms with van der Waals surface area (Å²) in [7, 11) is 4.10. The number of aromatic nitrogens is 2. The molecule has 1 N–H and O–H groups in total. The van der Waals surface area contributed by atoms with Gasteiger partial charge in [0.05, 0.1) is 11.5 Å². The molecule has 1 saturated heterocycles. The standard InChI is InChI=1S/C41H53N5O3S/c1-7-8-9-10-11-22-49-34-18-16-31(17-19-34)33-24-42-38(43-25-33)32-14-12-29(13-15-32)23-35(40(48)46-27-30(28-46)26-45(5)6)44-39(47)36-20-21-37(50-36)41(2,3)4/h12-21,24-25,30,35H,7-11,22-23,26-28H2,1-6H3,(H,44,47)/t35-/m0/s1. The third kappa shape index (κ3) is 10.2. The van der Waals surface area contributed by atoms with Gasteiger partial charge in [-0.25, -0.2) is 9.97 Å². The van der Waals surface area contributed by atoms with E-state index in [1.807, 2.05) is 78.0 Å². The first-order valence-corrected chi connectivity index (χ1v) is 18.8. The van der Waals surface area contributed by atoms with Crippen molar-refractivity contribution in [1.82, 2.24) is 25.1 Å². The van der Waals surface area contributed by atoms with E-state index in [4.69, 9.17) is 4.74 Å². The fraction of sp³-hybridized carbons (Fsp3) is 0.463. The zero-order valence-corrected chi connectivity index (χ0v) is 31.4. The Hall–Kier alpha value is -4.08. The van der Waals surface area contributed by atoms with Crippen LogP contribution in [0.2, 0.25) is 0 Å². The lowest BCUT2D eigenvalue weighted by molar-refractivity contribution is -0.139. The number of likely N-dealkylation sites (tertiary alicyclic amines) is 1. The molecule has 2 aromatic carbocycles. The maximum absolute atomic E-state index is 13.7. The highest BCUT2D eigenvalue weighted by molar-refractivity contribution is 7.14. The van der Waals surface area contributed by atoms with Gasteiger partial charge >= 0.3 is 0 Å². The fourth-order valence-electron chi connectivity index (χ4n) is 6.19. The first kappa shape index (κ1) is 37.2. The molecule has 9 heteroatoms. The van der Waals surface area contributed by atoms with Crippen LogP contribution in [0, 0.1) is 5.92 Å². The van der Waals surface area contributed by atoms with E-state index in [-0.39, 0.29) is 17.2 Å². The molecule has 2 amide bonds. The van der Waals surface area contributed by atoms with Crippen molar-refractivity contribution in [2.45, 2.75) is 77.7 Å². The average Bonchev–Trinajstić information content (AvgIpc) is 3.60. The zero-order valence-electron chi connectivity index (χ0n) is 30.6. The van der Waals surface area contributed by atoms with Gasteiger partial charge in [-0.2, -0.15) is 0 Å². The Morgan fingerprint density at radius 1 is 0.900 bits per heavy atom. The number of hydrogen-bond donors (Lipinski definition) is 1. The predicted molar refractivity (Wildman–Crippen MR) is 204 cm³/mol. The van der Waals surface area contributed by atoms with Crippen molar-refractivity contribution < 1.29 is 14.3 Å². The van der Waals surface area contributed by atoms with Crippen LogP contribution in [0.25, 0.3) is 22.5 Å². The Morgan fingerprint density at radius 3 is 2.18 bits per heavy atom. The molecule has 266 valence electrons. The van der Waals surface area contributed by atoms with Gasteiger partial charge in [0.2, 0.25) is 5.91 Å². The zero-order chi connectivity index (χ0) is 35.7. The van der Waals surface area contributed by atoms with Crippen molar-refractivity contribution >= 4 is 23.2 Å². The lowest BCUT2D eigenvalue weighted by atomic mass is 9.95. The molecule has 1 atom stereocenters. The second kappa shape index (κ2) is 17.2. The van der Waals surface area contributed by atoms with Crippen LogP contribution in [0.3, 0.4) is 0 Å². The molecular weight excluding hydrogens is 643 g/mol. The number of hydrogen-bond acceptors (Lipinski definition) is 7. The van der Waals surface area contributed by atoms with Crippen molar-refractivity contribution in [3.05, 3.63) is 88.4 Å². The lowest BCUT2D eigenvalue weighted by Crippen LogP contribution is -2.59. The first-order chi connectivity index (χ1) is 24.0. The first-order valence-electron chi connectivity index (χ1n) is 18.0. The summed E-state index contributed by atoms with van der Waals surface area (Å²) in [5, 5.41) is 3.08. The molecule has 50 heavy (non-hydrogen) atoms. The second-order valence-corrected chi connectivity index (χ2v) is 15.9. The number of unbranched alkanes of at least 4 members (excludes halogenated alkanes) is 4. The van der Waals surface area contributed by atoms with E-state index in [1.54, 1.807) is 0 Å². The number of carbonyl (C=O) groups is 2. The topological polar surface area (TPSA) is 87.7 Å². The third-order valence-corrected chi connectivity index (χ3v) is 10.6. The molecule has 1 fully saturated rings. The smallest absolute Gasteiger partial charge is 0.262 e. The molecule has 0 spiro atoms. The van der Waals surface area contributed by atoms with Crippen LogP contribution in [0.5, 0.6) is 5.75 Å². The minimum atomic E-state index is -0.660. The average molecular weight is 696 g/mol. The molecule has 5 rings (SSSR count). The Bertz CT molecular complexity index is 1670. The highest BCUT2D eigenvalue weighted by atomic mass is 32.1. The van der Waals surface area contributed by atoms with Crippen LogP contribution >= 0.6 is 11.3 Å². The molecule has 0 aliphatic carbocycles. The summed E-state index contributed by atoms with van der Waals surface area (Å²) in [6.07, 6.45) is 10.2. The van der Waals surface area contributed by atoms with Crippen molar-refractivity contribution in [2.24, 2.45) is 5.92 Å². The summed E-state index contributed by atoms with van der Waals surface area (Å²) >= 11 is 1.49. The van der Waals surface area contributed by atoms with E-state index in [1.165, 1.54) is 37.0 Å². The monoisotopic (exact) mass is 695 g/mol. The lowest BCUT2D eigenvalue weighted by Gasteiger charge is -2.42. The molecular formula is C41H53N5O3S. The maximum Gasteiger partial charge on any atom is 0.262 e. The fourth-order valence-corrected chi connectivity index (χ4v) is 7.15. The second-order valence-electron chi connectivity index (χ2n) is 14.8.